The van der Waals surface area contributed by atoms with Gasteiger partial charge < -0.3 is 16.4 Å². The highest BCUT2D eigenvalue weighted by Crippen LogP contribution is 2.25. The summed E-state index contributed by atoms with van der Waals surface area (Å²) < 4.78 is 14.2. The lowest BCUT2D eigenvalue weighted by atomic mass is 10.0. The minimum Gasteiger partial charge on any atom is -0.394 e. The molecule has 8 nitrogen and oxygen atoms in total. The Bertz CT molecular complexity index is 1250. The summed E-state index contributed by atoms with van der Waals surface area (Å²) in [5.41, 5.74) is 6.73. The van der Waals surface area contributed by atoms with Gasteiger partial charge in [0.25, 0.3) is 10.9 Å². The third-order valence-electron chi connectivity index (χ3n) is 7.56. The summed E-state index contributed by atoms with van der Waals surface area (Å²) in [5, 5.41) is 6.80. The molecule has 4 N–H and O–H groups in total. The number of aryl methyl sites for hydroxylation is 1. The van der Waals surface area contributed by atoms with Crippen LogP contribution in [0.3, 0.4) is 0 Å². The van der Waals surface area contributed by atoms with Crippen molar-refractivity contribution in [1.82, 2.24) is 20.0 Å². The molecule has 2 fully saturated rings. The van der Waals surface area contributed by atoms with E-state index in [1.165, 1.54) is 0 Å². The van der Waals surface area contributed by atoms with Crippen LogP contribution in [-0.2, 0) is 6.54 Å². The molecule has 2 aromatic rings. The molecule has 0 spiro atoms. The van der Waals surface area contributed by atoms with Crippen LogP contribution in [0.15, 0.2) is 50.8 Å². The summed E-state index contributed by atoms with van der Waals surface area (Å²) in [7, 11) is 0. The molecule has 0 saturated carbocycles. The normalized spacial score (nSPS) is 22.8. The standard InChI is InChI=1S/C26H32ClFN6O2/c1-16-2-3-17(21(28)12-16)15-32-6-4-19(5-7-32)33-8-10-34(11-9-33)26-20(27)13-18(14-30-26)31-23-22(29)24(35)25(23)36/h2-3,12-14,19,26,30-31H,4-11,15,29H2,1H3. The number of nitrogens with two attached hydrogens (primary N) is 1. The Labute approximate surface area is 214 Å². The number of hydrogen-bond donors (Lipinski definition) is 3. The zero-order valence-corrected chi connectivity index (χ0v) is 21.2. The molecule has 36 heavy (non-hydrogen) atoms. The smallest absolute Gasteiger partial charge is 0.253 e. The van der Waals surface area contributed by atoms with E-state index < -0.39 is 10.9 Å². The van der Waals surface area contributed by atoms with Gasteiger partial charge in [0.05, 0.1) is 10.7 Å². The lowest BCUT2D eigenvalue weighted by Crippen LogP contribution is -2.57. The van der Waals surface area contributed by atoms with Crippen LogP contribution < -0.4 is 27.2 Å². The van der Waals surface area contributed by atoms with Gasteiger partial charge in [-0.25, -0.2) is 4.39 Å². The maximum Gasteiger partial charge on any atom is 0.253 e. The van der Waals surface area contributed by atoms with Crippen molar-refractivity contribution < 1.29 is 4.39 Å². The lowest BCUT2D eigenvalue weighted by Gasteiger charge is -2.45. The van der Waals surface area contributed by atoms with Crippen LogP contribution in [0.1, 0.15) is 24.0 Å². The van der Waals surface area contributed by atoms with E-state index >= 15 is 0 Å². The number of piperidine rings is 1. The number of nitrogen functional groups attached to an aromatic ring is 1. The van der Waals surface area contributed by atoms with Gasteiger partial charge in [0.1, 0.15) is 23.4 Å². The van der Waals surface area contributed by atoms with Crippen molar-refractivity contribution >= 4 is 23.0 Å². The molecule has 3 aliphatic heterocycles. The highest BCUT2D eigenvalue weighted by Gasteiger charge is 2.31. The molecule has 5 rings (SSSR count). The summed E-state index contributed by atoms with van der Waals surface area (Å²) >= 11 is 6.58. The second-order valence-electron chi connectivity index (χ2n) is 9.94. The van der Waals surface area contributed by atoms with Gasteiger partial charge in [-0.2, -0.15) is 0 Å². The van der Waals surface area contributed by atoms with Crippen LogP contribution in [0.25, 0.3) is 0 Å². The maximum absolute atomic E-state index is 14.2. The van der Waals surface area contributed by atoms with Gasteiger partial charge in [0.2, 0.25) is 0 Å². The number of dihydropyridines is 1. The Hall–Kier alpha value is -2.72. The molecule has 0 radical (unpaired) electrons. The third-order valence-corrected chi connectivity index (χ3v) is 7.87. The Kier molecular flexibility index (Phi) is 7.16. The number of benzene rings is 1. The summed E-state index contributed by atoms with van der Waals surface area (Å²) in [4.78, 5) is 30.2. The summed E-state index contributed by atoms with van der Waals surface area (Å²) in [6, 6.07) is 6.05. The van der Waals surface area contributed by atoms with Gasteiger partial charge in [-0.05, 0) is 50.6 Å². The number of hydrogen-bond acceptors (Lipinski definition) is 8. The molecule has 0 aromatic heterocycles. The van der Waals surface area contributed by atoms with E-state index in [0.29, 0.717) is 23.3 Å². The van der Waals surface area contributed by atoms with Gasteiger partial charge in [0, 0.05) is 50.5 Å². The van der Waals surface area contributed by atoms with E-state index in [2.05, 4.69) is 25.3 Å². The van der Waals surface area contributed by atoms with E-state index in [1.807, 2.05) is 19.1 Å². The SMILES string of the molecule is Cc1ccc(CN2CCC(N3CCN(C4NC=C(Nc5c(N)c(=O)c5=O)C=C4Cl)CC3)CC2)c(F)c1. The number of nitrogens with one attached hydrogen (secondary N) is 2. The van der Waals surface area contributed by atoms with Crippen LogP contribution >= 0.6 is 11.6 Å². The van der Waals surface area contributed by atoms with Crippen molar-refractivity contribution in [3.63, 3.8) is 0 Å². The molecule has 0 amide bonds. The predicted octanol–water partition coefficient (Wildman–Crippen LogP) is 1.90. The van der Waals surface area contributed by atoms with Crippen molar-refractivity contribution in [3.8, 4) is 0 Å². The summed E-state index contributed by atoms with van der Waals surface area (Å²) in [5.74, 6) is -0.108. The Balaban J connectivity index is 1.08. The molecule has 3 heterocycles. The molecule has 10 heteroatoms. The quantitative estimate of drug-likeness (QED) is 0.503. The fourth-order valence-electron chi connectivity index (χ4n) is 5.37. The highest BCUT2D eigenvalue weighted by atomic mass is 35.5. The van der Waals surface area contributed by atoms with Crippen molar-refractivity contribution in [3.05, 3.63) is 78.6 Å². The van der Waals surface area contributed by atoms with Crippen LogP contribution in [-0.4, -0.2) is 66.2 Å². The Morgan fingerprint density at radius 3 is 2.42 bits per heavy atom. The molecule has 1 unspecified atom stereocenters. The molecular formula is C26H32ClFN6O2. The highest BCUT2D eigenvalue weighted by molar-refractivity contribution is 6.30. The van der Waals surface area contributed by atoms with E-state index in [0.717, 1.165) is 63.2 Å². The summed E-state index contributed by atoms with van der Waals surface area (Å²) in [6.45, 7) is 8.25. The first-order chi connectivity index (χ1) is 17.3. The largest absolute Gasteiger partial charge is 0.394 e. The number of halogens is 2. The molecule has 1 atom stereocenters. The number of likely N-dealkylation sites (tertiary alicyclic amines) is 1. The molecule has 2 saturated heterocycles. The predicted molar refractivity (Wildman–Crippen MR) is 141 cm³/mol. The molecule has 3 aliphatic rings. The molecule has 0 bridgehead atoms. The molecule has 0 aliphatic carbocycles. The zero-order chi connectivity index (χ0) is 25.4. The first kappa shape index (κ1) is 25.0. The average Bonchev–Trinajstić information content (AvgIpc) is 2.89. The Morgan fingerprint density at radius 2 is 1.78 bits per heavy atom. The number of allylic oxidation sites excluding steroid dienone is 1. The van der Waals surface area contributed by atoms with E-state index in [9.17, 15) is 14.0 Å². The number of nitrogens with zero attached hydrogens (tertiary/aromatic N) is 3. The maximum atomic E-state index is 14.2. The second-order valence-corrected chi connectivity index (χ2v) is 10.4. The van der Waals surface area contributed by atoms with Crippen molar-refractivity contribution in [2.24, 2.45) is 0 Å². The second kappa shape index (κ2) is 10.3. The van der Waals surface area contributed by atoms with Gasteiger partial charge in [-0.15, -0.1) is 0 Å². The van der Waals surface area contributed by atoms with Gasteiger partial charge in [0.15, 0.2) is 0 Å². The lowest BCUT2D eigenvalue weighted by molar-refractivity contribution is 0.0445. The zero-order valence-electron chi connectivity index (χ0n) is 20.4. The van der Waals surface area contributed by atoms with E-state index in [1.54, 1.807) is 18.3 Å². The van der Waals surface area contributed by atoms with E-state index in [4.69, 9.17) is 17.3 Å². The first-order valence-electron chi connectivity index (χ1n) is 12.4. The van der Waals surface area contributed by atoms with Crippen molar-refractivity contribution in [1.29, 1.82) is 0 Å². The fraction of sp³-hybridized carbons (Fsp3) is 0.462. The van der Waals surface area contributed by atoms with Crippen LogP contribution in [0.2, 0.25) is 0 Å². The van der Waals surface area contributed by atoms with Gasteiger partial charge >= 0.3 is 0 Å². The fourth-order valence-corrected chi connectivity index (χ4v) is 5.69. The molecule has 2 aromatic carbocycles. The van der Waals surface area contributed by atoms with Gasteiger partial charge in [-0.3, -0.25) is 24.3 Å². The Morgan fingerprint density at radius 1 is 1.08 bits per heavy atom. The topological polar surface area (TPSA) is 93.9 Å². The van der Waals surface area contributed by atoms with E-state index in [-0.39, 0.29) is 23.4 Å². The number of anilines is 2. The van der Waals surface area contributed by atoms with Crippen LogP contribution in [0.4, 0.5) is 15.8 Å². The average molecular weight is 515 g/mol. The monoisotopic (exact) mass is 514 g/mol. The minimum absolute atomic E-state index is 0.0446. The third kappa shape index (κ3) is 5.06. The minimum atomic E-state index is -0.654. The molecular weight excluding hydrogens is 483 g/mol. The first-order valence-corrected chi connectivity index (χ1v) is 12.8. The molecule has 192 valence electrons. The number of piperazine rings is 1. The van der Waals surface area contributed by atoms with Crippen molar-refractivity contribution in [2.45, 2.75) is 38.5 Å². The van der Waals surface area contributed by atoms with Crippen LogP contribution in [0.5, 0.6) is 0 Å². The van der Waals surface area contributed by atoms with Crippen molar-refractivity contribution in [2.75, 3.05) is 50.3 Å². The number of rotatable bonds is 6. The summed E-state index contributed by atoms with van der Waals surface area (Å²) in [6.07, 6.45) is 5.57. The van der Waals surface area contributed by atoms with Gasteiger partial charge in [-0.1, -0.05) is 23.7 Å². The van der Waals surface area contributed by atoms with Crippen LogP contribution in [0, 0.1) is 12.7 Å².